The molecule has 0 fully saturated rings. The summed E-state index contributed by atoms with van der Waals surface area (Å²) in [5.74, 6) is 0.345. The van der Waals surface area contributed by atoms with Crippen molar-refractivity contribution in [3.63, 3.8) is 0 Å². The van der Waals surface area contributed by atoms with Gasteiger partial charge in [0.15, 0.2) is 0 Å². The minimum absolute atomic E-state index is 0.345. The van der Waals surface area contributed by atoms with Crippen molar-refractivity contribution in [1.29, 1.82) is 0 Å². The van der Waals surface area contributed by atoms with Crippen LogP contribution in [-0.4, -0.2) is 23.5 Å². The summed E-state index contributed by atoms with van der Waals surface area (Å²) in [4.78, 5) is 2.55. The Balaban J connectivity index is 2.27. The van der Waals surface area contributed by atoms with Crippen LogP contribution in [0.5, 0.6) is 0 Å². The molecule has 0 heterocycles. The molecule has 0 radical (unpaired) electrons. The molecule has 124 valence electrons. The van der Waals surface area contributed by atoms with E-state index in [1.807, 2.05) is 12.1 Å². The first kappa shape index (κ1) is 17.6. The largest absolute Gasteiger partial charge is 0.398 e. The zero-order valence-electron chi connectivity index (χ0n) is 14.9. The third-order valence-electron chi connectivity index (χ3n) is 4.58. The molecule has 2 rings (SSSR count). The minimum Gasteiger partial charge on any atom is -0.398 e. The number of hydrogen-bond donors (Lipinski definition) is 1. The summed E-state index contributed by atoms with van der Waals surface area (Å²) in [6.45, 7) is 10.2. The topological polar surface area (TPSA) is 29.3 Å². The second kappa shape index (κ2) is 8.16. The van der Waals surface area contributed by atoms with E-state index in [-0.39, 0.29) is 0 Å². The first-order valence-corrected chi connectivity index (χ1v) is 8.65. The Morgan fingerprint density at radius 3 is 1.96 bits per heavy atom. The van der Waals surface area contributed by atoms with E-state index >= 15 is 0 Å². The first-order valence-electron chi connectivity index (χ1n) is 8.65. The second-order valence-electron chi connectivity index (χ2n) is 6.81. The van der Waals surface area contributed by atoms with Crippen molar-refractivity contribution < 1.29 is 0 Å². The Labute approximate surface area is 141 Å². The standard InChI is InChI=1S/C21H30N2/c1-16(2)23(17(3)4)15-14-19(18-10-6-5-7-11-18)20-12-8-9-13-21(20)22/h5-13,16-17,19H,14-15,22H2,1-4H3. The van der Waals surface area contributed by atoms with Crippen LogP contribution >= 0.6 is 0 Å². The molecule has 2 aromatic carbocycles. The van der Waals surface area contributed by atoms with E-state index in [4.69, 9.17) is 5.73 Å². The van der Waals surface area contributed by atoms with Crippen LogP contribution in [0.25, 0.3) is 0 Å². The zero-order valence-corrected chi connectivity index (χ0v) is 14.9. The normalized spacial score (nSPS) is 13.0. The molecule has 0 aliphatic rings. The van der Waals surface area contributed by atoms with Crippen molar-refractivity contribution >= 4 is 5.69 Å². The summed E-state index contributed by atoms with van der Waals surface area (Å²) >= 11 is 0. The number of nitrogen functional groups attached to an aromatic ring is 1. The van der Waals surface area contributed by atoms with E-state index in [0.29, 0.717) is 18.0 Å². The molecule has 2 heteroatoms. The molecule has 1 unspecified atom stereocenters. The van der Waals surface area contributed by atoms with Crippen molar-refractivity contribution in [2.24, 2.45) is 0 Å². The van der Waals surface area contributed by atoms with Gasteiger partial charge in [0.2, 0.25) is 0 Å². The maximum Gasteiger partial charge on any atom is 0.0352 e. The summed E-state index contributed by atoms with van der Waals surface area (Å²) in [6, 6.07) is 20.1. The number of hydrogen-bond acceptors (Lipinski definition) is 2. The van der Waals surface area contributed by atoms with Gasteiger partial charge >= 0.3 is 0 Å². The van der Waals surface area contributed by atoms with Gasteiger partial charge in [-0.25, -0.2) is 0 Å². The van der Waals surface area contributed by atoms with Gasteiger partial charge in [0.05, 0.1) is 0 Å². The third-order valence-corrected chi connectivity index (χ3v) is 4.58. The van der Waals surface area contributed by atoms with Crippen LogP contribution in [0.4, 0.5) is 5.69 Å². The quantitative estimate of drug-likeness (QED) is 0.736. The average Bonchev–Trinajstić information content (AvgIpc) is 2.53. The molecule has 0 spiro atoms. The molecule has 2 aromatic rings. The highest BCUT2D eigenvalue weighted by atomic mass is 15.2. The molecular formula is C21H30N2. The Bertz CT molecular complexity index is 582. The fraction of sp³-hybridized carbons (Fsp3) is 0.429. The van der Waals surface area contributed by atoms with Crippen LogP contribution in [0.15, 0.2) is 54.6 Å². The summed E-state index contributed by atoms with van der Waals surface area (Å²) in [5.41, 5.74) is 9.75. The Kier molecular flexibility index (Phi) is 6.23. The van der Waals surface area contributed by atoms with Gasteiger partial charge in [-0.2, -0.15) is 0 Å². The van der Waals surface area contributed by atoms with Gasteiger partial charge in [0, 0.05) is 23.7 Å². The lowest BCUT2D eigenvalue weighted by Gasteiger charge is -2.32. The highest BCUT2D eigenvalue weighted by Crippen LogP contribution is 2.32. The number of rotatable bonds is 7. The molecule has 0 saturated carbocycles. The van der Waals surface area contributed by atoms with Gasteiger partial charge in [0.25, 0.3) is 0 Å². The van der Waals surface area contributed by atoms with Crippen LogP contribution in [0.1, 0.15) is 51.2 Å². The number of para-hydroxylation sites is 1. The summed E-state index contributed by atoms with van der Waals surface area (Å²) in [6.07, 6.45) is 1.08. The van der Waals surface area contributed by atoms with E-state index in [0.717, 1.165) is 18.7 Å². The number of nitrogens with zero attached hydrogens (tertiary/aromatic N) is 1. The van der Waals surface area contributed by atoms with E-state index in [9.17, 15) is 0 Å². The molecule has 2 N–H and O–H groups in total. The van der Waals surface area contributed by atoms with Gasteiger partial charge in [-0.05, 0) is 57.9 Å². The minimum atomic E-state index is 0.345. The van der Waals surface area contributed by atoms with Crippen LogP contribution in [0, 0.1) is 0 Å². The number of benzene rings is 2. The predicted molar refractivity (Wildman–Crippen MR) is 101 cm³/mol. The molecule has 23 heavy (non-hydrogen) atoms. The second-order valence-corrected chi connectivity index (χ2v) is 6.81. The molecule has 0 aliphatic heterocycles. The molecule has 0 aromatic heterocycles. The van der Waals surface area contributed by atoms with Crippen molar-refractivity contribution in [3.05, 3.63) is 65.7 Å². The van der Waals surface area contributed by atoms with Gasteiger partial charge in [0.1, 0.15) is 0 Å². The van der Waals surface area contributed by atoms with Crippen LogP contribution in [-0.2, 0) is 0 Å². The van der Waals surface area contributed by atoms with Crippen LogP contribution < -0.4 is 5.73 Å². The zero-order chi connectivity index (χ0) is 16.8. The van der Waals surface area contributed by atoms with Crippen molar-refractivity contribution in [1.82, 2.24) is 4.90 Å². The Morgan fingerprint density at radius 2 is 1.39 bits per heavy atom. The maximum atomic E-state index is 6.27. The molecule has 2 nitrogen and oxygen atoms in total. The van der Waals surface area contributed by atoms with Crippen LogP contribution in [0.2, 0.25) is 0 Å². The molecule has 0 saturated heterocycles. The summed E-state index contributed by atoms with van der Waals surface area (Å²) < 4.78 is 0. The molecule has 0 aliphatic carbocycles. The Morgan fingerprint density at radius 1 is 0.826 bits per heavy atom. The highest BCUT2D eigenvalue weighted by Gasteiger charge is 2.20. The van der Waals surface area contributed by atoms with Crippen LogP contribution in [0.3, 0.4) is 0 Å². The summed E-state index contributed by atoms with van der Waals surface area (Å²) in [5, 5.41) is 0. The third kappa shape index (κ3) is 4.59. The lowest BCUT2D eigenvalue weighted by Crippen LogP contribution is -2.38. The number of nitrogens with two attached hydrogens (primary N) is 1. The van der Waals surface area contributed by atoms with E-state index in [1.54, 1.807) is 0 Å². The SMILES string of the molecule is CC(C)N(CCC(c1ccccc1)c1ccccc1N)C(C)C. The van der Waals surface area contributed by atoms with Crippen molar-refractivity contribution in [3.8, 4) is 0 Å². The van der Waals surface area contributed by atoms with E-state index < -0.39 is 0 Å². The highest BCUT2D eigenvalue weighted by molar-refractivity contribution is 5.51. The molecule has 0 amide bonds. The van der Waals surface area contributed by atoms with Gasteiger partial charge in [-0.1, -0.05) is 48.5 Å². The van der Waals surface area contributed by atoms with E-state index in [2.05, 4.69) is 75.1 Å². The Hall–Kier alpha value is -1.80. The molecule has 0 bridgehead atoms. The van der Waals surface area contributed by atoms with E-state index in [1.165, 1.54) is 11.1 Å². The lowest BCUT2D eigenvalue weighted by molar-refractivity contribution is 0.170. The summed E-state index contributed by atoms with van der Waals surface area (Å²) in [7, 11) is 0. The fourth-order valence-electron chi connectivity index (χ4n) is 3.41. The monoisotopic (exact) mass is 310 g/mol. The average molecular weight is 310 g/mol. The molecule has 1 atom stereocenters. The first-order chi connectivity index (χ1) is 11.0. The predicted octanol–water partition coefficient (Wildman–Crippen LogP) is 4.91. The van der Waals surface area contributed by atoms with Gasteiger partial charge < -0.3 is 5.73 Å². The maximum absolute atomic E-state index is 6.27. The van der Waals surface area contributed by atoms with Gasteiger partial charge in [-0.3, -0.25) is 4.90 Å². The lowest BCUT2D eigenvalue weighted by atomic mass is 9.87. The fourth-order valence-corrected chi connectivity index (χ4v) is 3.41. The van der Waals surface area contributed by atoms with Gasteiger partial charge in [-0.15, -0.1) is 0 Å². The van der Waals surface area contributed by atoms with Crippen molar-refractivity contribution in [2.75, 3.05) is 12.3 Å². The molecular weight excluding hydrogens is 280 g/mol. The van der Waals surface area contributed by atoms with Crippen molar-refractivity contribution in [2.45, 2.75) is 52.1 Å². The smallest absolute Gasteiger partial charge is 0.0352 e. The number of anilines is 1.